The Morgan fingerprint density at radius 2 is 2.12 bits per heavy atom. The van der Waals surface area contributed by atoms with E-state index < -0.39 is 0 Å². The standard InChI is InChI=1S/C19H29N3O3/c1-4-20-19(21-10-9-18(23)24-3)22-12-16-8-5-14(2)11-17(16)25-13-15-6-7-15/h5,8,11,15H,4,6-7,9-10,12-13H2,1-3H3,(H2,20,21,22). The molecule has 1 saturated carbocycles. The van der Waals surface area contributed by atoms with Gasteiger partial charge in [-0.2, -0.15) is 0 Å². The Kier molecular flexibility index (Phi) is 7.57. The van der Waals surface area contributed by atoms with Crippen molar-refractivity contribution in [3.05, 3.63) is 29.3 Å². The maximum Gasteiger partial charge on any atom is 0.307 e. The smallest absolute Gasteiger partial charge is 0.307 e. The number of carbonyl (C=O) groups excluding carboxylic acids is 1. The summed E-state index contributed by atoms with van der Waals surface area (Å²) >= 11 is 0. The van der Waals surface area contributed by atoms with Crippen molar-refractivity contribution in [2.75, 3.05) is 26.8 Å². The van der Waals surface area contributed by atoms with Crippen molar-refractivity contribution < 1.29 is 14.3 Å². The van der Waals surface area contributed by atoms with Gasteiger partial charge in [-0.3, -0.25) is 4.79 Å². The van der Waals surface area contributed by atoms with Gasteiger partial charge in [0.05, 0.1) is 26.7 Å². The number of guanidine groups is 1. The Bertz CT molecular complexity index is 598. The van der Waals surface area contributed by atoms with E-state index in [4.69, 9.17) is 4.74 Å². The van der Waals surface area contributed by atoms with Crippen LogP contribution in [-0.2, 0) is 16.1 Å². The highest BCUT2D eigenvalue weighted by Crippen LogP contribution is 2.30. The first-order chi connectivity index (χ1) is 12.1. The maximum atomic E-state index is 11.2. The zero-order chi connectivity index (χ0) is 18.1. The number of nitrogens with zero attached hydrogens (tertiary/aromatic N) is 1. The molecule has 0 heterocycles. The summed E-state index contributed by atoms with van der Waals surface area (Å²) < 4.78 is 10.6. The molecular weight excluding hydrogens is 318 g/mol. The molecule has 0 aromatic heterocycles. The van der Waals surface area contributed by atoms with Crippen molar-refractivity contribution in [2.45, 2.75) is 39.7 Å². The second-order valence-corrected chi connectivity index (χ2v) is 6.31. The molecule has 2 rings (SSSR count). The number of rotatable bonds is 9. The van der Waals surface area contributed by atoms with E-state index in [1.54, 1.807) is 0 Å². The van der Waals surface area contributed by atoms with Crippen molar-refractivity contribution >= 4 is 11.9 Å². The normalized spacial score (nSPS) is 14.1. The Morgan fingerprint density at radius 1 is 1.32 bits per heavy atom. The van der Waals surface area contributed by atoms with E-state index in [1.807, 2.05) is 6.92 Å². The first-order valence-corrected chi connectivity index (χ1v) is 8.93. The van der Waals surface area contributed by atoms with Gasteiger partial charge < -0.3 is 20.1 Å². The fraction of sp³-hybridized carbons (Fsp3) is 0.579. The highest BCUT2D eigenvalue weighted by molar-refractivity contribution is 5.80. The quantitative estimate of drug-likeness (QED) is 0.408. The number of methoxy groups -OCH3 is 1. The molecule has 0 unspecified atom stereocenters. The van der Waals surface area contributed by atoms with Crippen LogP contribution in [0, 0.1) is 12.8 Å². The average molecular weight is 347 g/mol. The van der Waals surface area contributed by atoms with Gasteiger partial charge in [-0.15, -0.1) is 0 Å². The molecule has 1 aliphatic carbocycles. The predicted molar refractivity (Wildman–Crippen MR) is 98.8 cm³/mol. The van der Waals surface area contributed by atoms with Crippen molar-refractivity contribution in [1.82, 2.24) is 10.6 Å². The van der Waals surface area contributed by atoms with Gasteiger partial charge in [0.25, 0.3) is 0 Å². The van der Waals surface area contributed by atoms with Gasteiger partial charge in [-0.25, -0.2) is 4.99 Å². The first kappa shape index (κ1) is 19.1. The molecule has 2 N–H and O–H groups in total. The number of aliphatic imine (C=N–C) groups is 1. The van der Waals surface area contributed by atoms with Gasteiger partial charge in [0, 0.05) is 18.7 Å². The zero-order valence-electron chi connectivity index (χ0n) is 15.4. The van der Waals surface area contributed by atoms with E-state index in [9.17, 15) is 4.79 Å². The Morgan fingerprint density at radius 3 is 2.80 bits per heavy atom. The number of benzene rings is 1. The summed E-state index contributed by atoms with van der Waals surface area (Å²) in [5.41, 5.74) is 2.25. The second-order valence-electron chi connectivity index (χ2n) is 6.31. The summed E-state index contributed by atoms with van der Waals surface area (Å²) in [7, 11) is 1.39. The number of hydrogen-bond acceptors (Lipinski definition) is 4. The van der Waals surface area contributed by atoms with Crippen LogP contribution in [0.5, 0.6) is 5.75 Å². The van der Waals surface area contributed by atoms with Crippen LogP contribution in [0.1, 0.15) is 37.3 Å². The summed E-state index contributed by atoms with van der Waals surface area (Å²) in [5.74, 6) is 2.08. The molecular formula is C19H29N3O3. The average Bonchev–Trinajstić information content (AvgIpc) is 3.43. The van der Waals surface area contributed by atoms with Crippen LogP contribution in [-0.4, -0.2) is 38.7 Å². The van der Waals surface area contributed by atoms with Gasteiger partial charge in [0.2, 0.25) is 0 Å². The molecule has 1 aromatic carbocycles. The van der Waals surface area contributed by atoms with Gasteiger partial charge in [0.1, 0.15) is 5.75 Å². The summed E-state index contributed by atoms with van der Waals surface area (Å²) in [4.78, 5) is 15.8. The molecule has 0 amide bonds. The van der Waals surface area contributed by atoms with E-state index >= 15 is 0 Å². The summed E-state index contributed by atoms with van der Waals surface area (Å²) in [5, 5.41) is 6.33. The van der Waals surface area contributed by atoms with Crippen molar-refractivity contribution in [2.24, 2.45) is 10.9 Å². The lowest BCUT2D eigenvalue weighted by Crippen LogP contribution is -2.38. The fourth-order valence-electron chi connectivity index (χ4n) is 2.31. The van der Waals surface area contributed by atoms with Crippen LogP contribution in [0.3, 0.4) is 0 Å². The lowest BCUT2D eigenvalue weighted by Gasteiger charge is -2.13. The Hall–Kier alpha value is -2.24. The highest BCUT2D eigenvalue weighted by atomic mass is 16.5. The summed E-state index contributed by atoms with van der Waals surface area (Å²) in [6.07, 6.45) is 2.85. The number of aryl methyl sites for hydroxylation is 1. The lowest BCUT2D eigenvalue weighted by molar-refractivity contribution is -0.140. The van der Waals surface area contributed by atoms with Gasteiger partial charge in [0.15, 0.2) is 5.96 Å². The van der Waals surface area contributed by atoms with E-state index in [1.165, 1.54) is 25.5 Å². The third-order valence-electron chi connectivity index (χ3n) is 4.00. The van der Waals surface area contributed by atoms with Crippen molar-refractivity contribution in [3.8, 4) is 5.75 Å². The van der Waals surface area contributed by atoms with Gasteiger partial charge in [-0.1, -0.05) is 12.1 Å². The number of carbonyl (C=O) groups is 1. The number of hydrogen-bond donors (Lipinski definition) is 2. The van der Waals surface area contributed by atoms with Crippen LogP contribution >= 0.6 is 0 Å². The molecule has 25 heavy (non-hydrogen) atoms. The molecule has 0 atom stereocenters. The van der Waals surface area contributed by atoms with Gasteiger partial charge in [-0.05, 0) is 44.2 Å². The minimum absolute atomic E-state index is 0.238. The molecule has 0 spiro atoms. The minimum Gasteiger partial charge on any atom is -0.493 e. The molecule has 6 heteroatoms. The van der Waals surface area contributed by atoms with Crippen LogP contribution in [0.2, 0.25) is 0 Å². The number of ether oxygens (including phenoxy) is 2. The summed E-state index contributed by atoms with van der Waals surface area (Å²) in [6, 6.07) is 6.22. The third-order valence-corrected chi connectivity index (χ3v) is 4.00. The van der Waals surface area contributed by atoms with Crippen LogP contribution in [0.25, 0.3) is 0 Å². The SMILES string of the molecule is CCNC(=NCc1ccc(C)cc1OCC1CC1)NCCC(=O)OC. The summed E-state index contributed by atoms with van der Waals surface area (Å²) in [6.45, 7) is 6.62. The molecule has 0 saturated heterocycles. The molecule has 0 radical (unpaired) electrons. The van der Waals surface area contributed by atoms with Crippen LogP contribution in [0.4, 0.5) is 0 Å². The van der Waals surface area contributed by atoms with E-state index in [-0.39, 0.29) is 5.97 Å². The second kappa shape index (κ2) is 9.91. The minimum atomic E-state index is -0.238. The first-order valence-electron chi connectivity index (χ1n) is 8.93. The third kappa shape index (κ3) is 7.03. The van der Waals surface area contributed by atoms with E-state index in [2.05, 4.69) is 45.5 Å². The highest BCUT2D eigenvalue weighted by Gasteiger charge is 2.22. The van der Waals surface area contributed by atoms with E-state index in [0.717, 1.165) is 24.5 Å². The van der Waals surface area contributed by atoms with E-state index in [0.29, 0.717) is 31.4 Å². The van der Waals surface area contributed by atoms with Crippen molar-refractivity contribution in [3.63, 3.8) is 0 Å². The molecule has 138 valence electrons. The number of esters is 1. The lowest BCUT2D eigenvalue weighted by atomic mass is 10.1. The zero-order valence-corrected chi connectivity index (χ0v) is 15.4. The maximum absolute atomic E-state index is 11.2. The van der Waals surface area contributed by atoms with Crippen LogP contribution in [0.15, 0.2) is 23.2 Å². The number of nitrogens with one attached hydrogen (secondary N) is 2. The van der Waals surface area contributed by atoms with Crippen LogP contribution < -0.4 is 15.4 Å². The largest absolute Gasteiger partial charge is 0.493 e. The monoisotopic (exact) mass is 347 g/mol. The molecule has 0 bridgehead atoms. The molecule has 1 fully saturated rings. The molecule has 1 aromatic rings. The Labute approximate surface area is 150 Å². The van der Waals surface area contributed by atoms with Gasteiger partial charge >= 0.3 is 5.97 Å². The van der Waals surface area contributed by atoms with Crippen molar-refractivity contribution in [1.29, 1.82) is 0 Å². The molecule has 1 aliphatic rings. The fourth-order valence-corrected chi connectivity index (χ4v) is 2.31. The molecule has 6 nitrogen and oxygen atoms in total. The topological polar surface area (TPSA) is 72.0 Å². The predicted octanol–water partition coefficient (Wildman–Crippen LogP) is 2.40. The molecule has 0 aliphatic heterocycles. The Balaban J connectivity index is 1.96.